The summed E-state index contributed by atoms with van der Waals surface area (Å²) >= 11 is 5.77. The first-order chi connectivity index (χ1) is 9.79. The highest BCUT2D eigenvalue weighted by atomic mass is 35.5. The minimum atomic E-state index is -3.90. The average Bonchev–Trinajstić information content (AvgIpc) is 2.40. The summed E-state index contributed by atoms with van der Waals surface area (Å²) in [6.45, 7) is 1.45. The molecule has 0 amide bonds. The van der Waals surface area contributed by atoms with Gasteiger partial charge in [-0.25, -0.2) is 17.9 Å². The molecule has 0 bridgehead atoms. The van der Waals surface area contributed by atoms with Gasteiger partial charge in [-0.3, -0.25) is 0 Å². The Morgan fingerprint density at radius 1 is 1.38 bits per heavy atom. The maximum atomic E-state index is 12.1. The summed E-state index contributed by atoms with van der Waals surface area (Å²) in [5.41, 5.74) is -0.0601. The Hall–Kier alpha value is -1.19. The minimum Gasteiger partial charge on any atom is -0.478 e. The molecular formula is C12H16ClNO6S. The molecule has 3 N–H and O–H groups in total. The van der Waals surface area contributed by atoms with E-state index in [0.29, 0.717) is 0 Å². The lowest BCUT2D eigenvalue weighted by atomic mass is 10.1. The van der Waals surface area contributed by atoms with Crippen molar-refractivity contribution in [1.82, 2.24) is 4.72 Å². The second-order valence-electron chi connectivity index (χ2n) is 4.12. The smallest absolute Gasteiger partial charge is 0.336 e. The molecule has 0 spiro atoms. The van der Waals surface area contributed by atoms with Crippen LogP contribution >= 0.6 is 11.6 Å². The Morgan fingerprint density at radius 2 is 2.05 bits per heavy atom. The van der Waals surface area contributed by atoms with Gasteiger partial charge in [-0.05, 0) is 24.6 Å². The zero-order valence-electron chi connectivity index (χ0n) is 11.3. The highest BCUT2D eigenvalue weighted by Gasteiger charge is 2.21. The number of benzene rings is 1. The third-order valence-corrected chi connectivity index (χ3v) is 4.42. The second-order valence-corrected chi connectivity index (χ2v) is 6.29. The Balaban J connectivity index is 2.95. The van der Waals surface area contributed by atoms with Gasteiger partial charge < -0.3 is 14.9 Å². The first kappa shape index (κ1) is 17.9. The molecule has 0 unspecified atom stereocenters. The van der Waals surface area contributed by atoms with E-state index in [1.807, 2.05) is 0 Å². The van der Waals surface area contributed by atoms with Crippen molar-refractivity contribution < 1.29 is 28.2 Å². The molecular weight excluding hydrogens is 322 g/mol. The number of hydrogen-bond donors (Lipinski definition) is 3. The van der Waals surface area contributed by atoms with Crippen LogP contribution in [0.5, 0.6) is 0 Å². The highest BCUT2D eigenvalue weighted by molar-refractivity contribution is 7.89. The van der Waals surface area contributed by atoms with Crippen LogP contribution in [0.1, 0.15) is 15.9 Å². The van der Waals surface area contributed by atoms with E-state index in [9.17, 15) is 13.2 Å². The van der Waals surface area contributed by atoms with Crippen molar-refractivity contribution in [2.24, 2.45) is 0 Å². The fourth-order valence-electron chi connectivity index (χ4n) is 1.65. The Morgan fingerprint density at radius 3 is 2.62 bits per heavy atom. The number of nitrogens with one attached hydrogen (secondary N) is 1. The van der Waals surface area contributed by atoms with Crippen molar-refractivity contribution >= 4 is 27.6 Å². The fraction of sp³-hybridized carbons (Fsp3) is 0.417. The molecule has 7 nitrogen and oxygen atoms in total. The first-order valence-corrected chi connectivity index (χ1v) is 7.87. The molecule has 0 heterocycles. The largest absolute Gasteiger partial charge is 0.478 e. The SMILES string of the molecule is Cc1c(C(=O)O)cc(Cl)cc1S(=O)(=O)NCCOCCO. The highest BCUT2D eigenvalue weighted by Crippen LogP contribution is 2.24. The lowest BCUT2D eigenvalue weighted by Gasteiger charge is -2.12. The third kappa shape index (κ3) is 4.94. The van der Waals surface area contributed by atoms with Crippen molar-refractivity contribution in [3.63, 3.8) is 0 Å². The van der Waals surface area contributed by atoms with Crippen LogP contribution in [-0.4, -0.2) is 51.0 Å². The Kier molecular flexibility index (Phi) is 6.56. The van der Waals surface area contributed by atoms with Gasteiger partial charge in [0.2, 0.25) is 10.0 Å². The van der Waals surface area contributed by atoms with Gasteiger partial charge in [0.1, 0.15) is 0 Å². The molecule has 0 saturated heterocycles. The lowest BCUT2D eigenvalue weighted by molar-refractivity contribution is 0.0696. The van der Waals surface area contributed by atoms with Crippen molar-refractivity contribution in [2.45, 2.75) is 11.8 Å². The van der Waals surface area contributed by atoms with Crippen molar-refractivity contribution in [2.75, 3.05) is 26.4 Å². The number of carboxylic acid groups (broad SMARTS) is 1. The van der Waals surface area contributed by atoms with Gasteiger partial charge in [0.25, 0.3) is 0 Å². The van der Waals surface area contributed by atoms with Crippen LogP contribution in [0.3, 0.4) is 0 Å². The molecule has 9 heteroatoms. The Bertz CT molecular complexity index is 616. The number of aliphatic hydroxyl groups excluding tert-OH is 1. The third-order valence-electron chi connectivity index (χ3n) is 2.62. The number of halogens is 1. The van der Waals surface area contributed by atoms with Gasteiger partial charge in [0.05, 0.1) is 30.3 Å². The number of aromatic carboxylic acids is 1. The van der Waals surface area contributed by atoms with Crippen LogP contribution in [0.15, 0.2) is 17.0 Å². The zero-order valence-corrected chi connectivity index (χ0v) is 12.9. The van der Waals surface area contributed by atoms with Crippen molar-refractivity contribution in [1.29, 1.82) is 0 Å². The molecule has 1 rings (SSSR count). The van der Waals surface area contributed by atoms with E-state index in [0.717, 1.165) is 0 Å². The van der Waals surface area contributed by atoms with E-state index >= 15 is 0 Å². The van der Waals surface area contributed by atoms with Crippen molar-refractivity contribution in [3.8, 4) is 0 Å². The summed E-state index contributed by atoms with van der Waals surface area (Å²) in [6, 6.07) is 2.39. The lowest BCUT2D eigenvalue weighted by Crippen LogP contribution is -2.28. The van der Waals surface area contributed by atoms with E-state index in [1.165, 1.54) is 19.1 Å². The van der Waals surface area contributed by atoms with Crippen LogP contribution in [0, 0.1) is 6.92 Å². The average molecular weight is 338 g/mol. The molecule has 0 aliphatic rings. The molecule has 118 valence electrons. The monoisotopic (exact) mass is 337 g/mol. The summed E-state index contributed by atoms with van der Waals surface area (Å²) in [4.78, 5) is 10.9. The van der Waals surface area contributed by atoms with Gasteiger partial charge in [-0.2, -0.15) is 0 Å². The van der Waals surface area contributed by atoms with Crippen LogP contribution in [0.4, 0.5) is 0 Å². The Labute approximate surface area is 127 Å². The number of aliphatic hydroxyl groups is 1. The topological polar surface area (TPSA) is 113 Å². The van der Waals surface area contributed by atoms with Crippen LogP contribution in [-0.2, 0) is 14.8 Å². The van der Waals surface area contributed by atoms with Gasteiger partial charge in [-0.1, -0.05) is 11.6 Å². The number of carboxylic acids is 1. The zero-order chi connectivity index (χ0) is 16.0. The summed E-state index contributed by atoms with van der Waals surface area (Å²) in [7, 11) is -3.90. The van der Waals surface area contributed by atoms with E-state index in [4.69, 9.17) is 26.6 Å². The van der Waals surface area contributed by atoms with E-state index in [-0.39, 0.29) is 47.4 Å². The quantitative estimate of drug-likeness (QED) is 0.600. The molecule has 0 fully saturated rings. The maximum Gasteiger partial charge on any atom is 0.336 e. The van der Waals surface area contributed by atoms with Crippen molar-refractivity contribution in [3.05, 3.63) is 28.3 Å². The molecule has 21 heavy (non-hydrogen) atoms. The summed E-state index contributed by atoms with van der Waals surface area (Å²) in [6.07, 6.45) is 0. The van der Waals surface area contributed by atoms with Crippen LogP contribution < -0.4 is 4.72 Å². The number of ether oxygens (including phenoxy) is 1. The van der Waals surface area contributed by atoms with Gasteiger partial charge >= 0.3 is 5.97 Å². The fourth-order valence-corrected chi connectivity index (χ4v) is 3.23. The molecule has 1 aromatic carbocycles. The second kappa shape index (κ2) is 7.71. The molecule has 1 aromatic rings. The van der Waals surface area contributed by atoms with Crippen LogP contribution in [0.2, 0.25) is 5.02 Å². The summed E-state index contributed by atoms with van der Waals surface area (Å²) in [5, 5.41) is 17.6. The molecule has 0 aliphatic carbocycles. The van der Waals surface area contributed by atoms with E-state index in [1.54, 1.807) is 0 Å². The predicted octanol–water partition coefficient (Wildman–Crippen LogP) is 0.634. The van der Waals surface area contributed by atoms with Crippen LogP contribution in [0.25, 0.3) is 0 Å². The summed E-state index contributed by atoms with van der Waals surface area (Å²) < 4.78 is 31.5. The van der Waals surface area contributed by atoms with E-state index < -0.39 is 16.0 Å². The maximum absolute atomic E-state index is 12.1. The molecule has 0 saturated carbocycles. The van der Waals surface area contributed by atoms with Gasteiger partial charge in [0.15, 0.2) is 0 Å². The van der Waals surface area contributed by atoms with E-state index in [2.05, 4.69) is 4.72 Å². The molecule has 0 aliphatic heterocycles. The number of hydrogen-bond acceptors (Lipinski definition) is 5. The first-order valence-electron chi connectivity index (χ1n) is 6.01. The van der Waals surface area contributed by atoms with Gasteiger partial charge in [-0.15, -0.1) is 0 Å². The molecule has 0 radical (unpaired) electrons. The number of rotatable bonds is 8. The molecule has 0 aromatic heterocycles. The van der Waals surface area contributed by atoms with Gasteiger partial charge in [0, 0.05) is 11.6 Å². The molecule has 0 atom stereocenters. The number of carbonyl (C=O) groups is 1. The standard InChI is InChI=1S/C12H16ClNO6S/c1-8-10(12(16)17)6-9(13)7-11(8)21(18,19)14-2-4-20-5-3-15/h6-7,14-15H,2-5H2,1H3,(H,16,17). The number of sulfonamides is 1. The predicted molar refractivity (Wildman–Crippen MR) is 76.2 cm³/mol. The normalized spacial score (nSPS) is 11.6. The summed E-state index contributed by atoms with van der Waals surface area (Å²) in [5.74, 6) is -1.25. The minimum absolute atomic E-state index is 0.00328.